The second-order valence-electron chi connectivity index (χ2n) is 6.38. The monoisotopic (exact) mass is 291 g/mol. The van der Waals surface area contributed by atoms with E-state index in [4.69, 9.17) is 4.74 Å². The Labute approximate surface area is 128 Å². The third-order valence-corrected chi connectivity index (χ3v) is 4.16. The zero-order valence-electron chi connectivity index (χ0n) is 13.6. The molecule has 118 valence electrons. The molecule has 1 saturated heterocycles. The molecule has 0 spiro atoms. The van der Waals surface area contributed by atoms with Gasteiger partial charge in [0.2, 0.25) is 0 Å². The fraction of sp³-hybridized carbons (Fsp3) is 0.647. The number of ether oxygens (including phenoxy) is 1. The van der Waals surface area contributed by atoms with Crippen LogP contribution in [0, 0.1) is 11.8 Å². The average Bonchev–Trinajstić information content (AvgIpc) is 2.81. The van der Waals surface area contributed by atoms with Crippen LogP contribution in [0.4, 0.5) is 0 Å². The van der Waals surface area contributed by atoms with Crippen LogP contribution in [-0.4, -0.2) is 26.2 Å². The summed E-state index contributed by atoms with van der Waals surface area (Å²) < 4.78 is 5.88. The summed E-state index contributed by atoms with van der Waals surface area (Å²) in [5.74, 6) is 2.17. The van der Waals surface area contributed by atoms with E-state index >= 15 is 0 Å². The average molecular weight is 291 g/mol. The molecule has 4 nitrogen and oxygen atoms in total. The highest BCUT2D eigenvalue weighted by Crippen LogP contribution is 2.30. The van der Waals surface area contributed by atoms with Crippen molar-refractivity contribution >= 4 is 0 Å². The van der Waals surface area contributed by atoms with Crippen molar-refractivity contribution in [2.75, 3.05) is 20.2 Å². The molecule has 0 radical (unpaired) electrons. The highest BCUT2D eigenvalue weighted by molar-refractivity contribution is 5.31. The van der Waals surface area contributed by atoms with E-state index in [-0.39, 0.29) is 0 Å². The first kappa shape index (κ1) is 16.3. The van der Waals surface area contributed by atoms with Crippen molar-refractivity contribution < 1.29 is 4.74 Å². The Bertz CT molecular complexity index is 436. The number of hydrazine groups is 1. The molecule has 0 saturated carbocycles. The van der Waals surface area contributed by atoms with Crippen LogP contribution in [0.3, 0.4) is 0 Å². The lowest BCUT2D eigenvalue weighted by Gasteiger charge is -2.21. The number of benzene rings is 1. The second-order valence-corrected chi connectivity index (χ2v) is 6.38. The summed E-state index contributed by atoms with van der Waals surface area (Å²) in [7, 11) is 2.01. The van der Waals surface area contributed by atoms with Crippen molar-refractivity contribution in [1.82, 2.24) is 16.2 Å². The fourth-order valence-electron chi connectivity index (χ4n) is 2.80. The van der Waals surface area contributed by atoms with Crippen LogP contribution in [0.5, 0.6) is 5.75 Å². The summed E-state index contributed by atoms with van der Waals surface area (Å²) in [5, 5.41) is 3.29. The molecule has 1 aromatic rings. The number of hydrogen-bond acceptors (Lipinski definition) is 4. The molecule has 4 heteroatoms. The van der Waals surface area contributed by atoms with Crippen molar-refractivity contribution in [3.05, 3.63) is 29.8 Å². The third kappa shape index (κ3) is 4.43. The molecule has 3 atom stereocenters. The lowest BCUT2D eigenvalue weighted by atomic mass is 9.90. The molecule has 1 aliphatic rings. The Morgan fingerprint density at radius 2 is 2.10 bits per heavy atom. The Morgan fingerprint density at radius 3 is 2.81 bits per heavy atom. The molecule has 0 aliphatic carbocycles. The normalized spacial score (nSPS) is 25.5. The van der Waals surface area contributed by atoms with Gasteiger partial charge < -0.3 is 10.1 Å². The smallest absolute Gasteiger partial charge is 0.119 e. The van der Waals surface area contributed by atoms with E-state index in [0.29, 0.717) is 23.9 Å². The van der Waals surface area contributed by atoms with Crippen molar-refractivity contribution in [2.45, 2.75) is 39.3 Å². The van der Waals surface area contributed by atoms with Crippen molar-refractivity contribution in [3.8, 4) is 5.75 Å². The third-order valence-electron chi connectivity index (χ3n) is 4.16. The van der Waals surface area contributed by atoms with E-state index in [0.717, 1.165) is 25.3 Å². The van der Waals surface area contributed by atoms with Gasteiger partial charge in [-0.1, -0.05) is 26.0 Å². The Hall–Kier alpha value is -1.10. The van der Waals surface area contributed by atoms with Gasteiger partial charge in [-0.25, -0.2) is 5.43 Å². The van der Waals surface area contributed by atoms with E-state index in [1.54, 1.807) is 0 Å². The summed E-state index contributed by atoms with van der Waals surface area (Å²) in [6.45, 7) is 8.44. The largest absolute Gasteiger partial charge is 0.494 e. The summed E-state index contributed by atoms with van der Waals surface area (Å²) in [6, 6.07) is 9.24. The van der Waals surface area contributed by atoms with Crippen molar-refractivity contribution in [1.29, 1.82) is 0 Å². The maximum atomic E-state index is 5.88. The molecule has 1 heterocycles. The van der Waals surface area contributed by atoms with Gasteiger partial charge in [0.05, 0.1) is 12.6 Å². The van der Waals surface area contributed by atoms with Crippen LogP contribution in [0.2, 0.25) is 0 Å². The molecular formula is C17H29N3O. The molecule has 1 fully saturated rings. The predicted molar refractivity (Wildman–Crippen MR) is 87.3 cm³/mol. The topological polar surface area (TPSA) is 45.3 Å². The fourth-order valence-corrected chi connectivity index (χ4v) is 2.80. The minimum absolute atomic E-state index is 0.320. The number of nitrogens with one attached hydrogen (secondary N) is 3. The minimum Gasteiger partial charge on any atom is -0.494 e. The van der Waals surface area contributed by atoms with Crippen LogP contribution < -0.4 is 20.9 Å². The van der Waals surface area contributed by atoms with Gasteiger partial charge in [0, 0.05) is 18.5 Å². The lowest BCUT2D eigenvalue weighted by Crippen LogP contribution is -2.31. The van der Waals surface area contributed by atoms with E-state index in [9.17, 15) is 0 Å². The first-order valence-electron chi connectivity index (χ1n) is 8.00. The summed E-state index contributed by atoms with van der Waals surface area (Å²) >= 11 is 0. The van der Waals surface area contributed by atoms with E-state index in [2.05, 4.69) is 55.1 Å². The summed E-state index contributed by atoms with van der Waals surface area (Å²) in [5.41, 5.74) is 8.05. The van der Waals surface area contributed by atoms with Gasteiger partial charge >= 0.3 is 0 Å². The highest BCUT2D eigenvalue weighted by atomic mass is 16.5. The quantitative estimate of drug-likeness (QED) is 0.722. The van der Waals surface area contributed by atoms with E-state index < -0.39 is 0 Å². The Morgan fingerprint density at radius 1 is 1.29 bits per heavy atom. The van der Waals surface area contributed by atoms with Gasteiger partial charge in [0.1, 0.15) is 5.75 Å². The van der Waals surface area contributed by atoms with E-state index in [1.165, 1.54) is 5.56 Å². The molecule has 2 rings (SSSR count). The van der Waals surface area contributed by atoms with Crippen LogP contribution in [0.1, 0.15) is 38.8 Å². The number of hydrogen-bond donors (Lipinski definition) is 3. The van der Waals surface area contributed by atoms with Crippen molar-refractivity contribution in [2.24, 2.45) is 11.8 Å². The van der Waals surface area contributed by atoms with Gasteiger partial charge in [-0.15, -0.1) is 0 Å². The summed E-state index contributed by atoms with van der Waals surface area (Å²) in [6.07, 6.45) is 1.09. The molecular weight excluding hydrogens is 262 g/mol. The molecule has 3 unspecified atom stereocenters. The van der Waals surface area contributed by atoms with Gasteiger partial charge in [-0.3, -0.25) is 5.43 Å². The van der Waals surface area contributed by atoms with Gasteiger partial charge in [0.25, 0.3) is 0 Å². The van der Waals surface area contributed by atoms with Crippen molar-refractivity contribution in [3.63, 3.8) is 0 Å². The molecule has 0 aromatic heterocycles. The van der Waals surface area contributed by atoms with Gasteiger partial charge in [-0.2, -0.15) is 0 Å². The Balaban J connectivity index is 2.02. The molecule has 0 bridgehead atoms. The first-order valence-corrected chi connectivity index (χ1v) is 8.00. The zero-order chi connectivity index (χ0) is 15.2. The van der Waals surface area contributed by atoms with Crippen LogP contribution in [0.25, 0.3) is 0 Å². The molecule has 3 N–H and O–H groups in total. The summed E-state index contributed by atoms with van der Waals surface area (Å²) in [4.78, 5) is 0. The van der Waals surface area contributed by atoms with Gasteiger partial charge in [-0.05, 0) is 44.0 Å². The maximum absolute atomic E-state index is 5.88. The SMILES string of the molecule is CNCC1C(C)NNC1c1cccc(OCCC(C)C)c1. The van der Waals surface area contributed by atoms with Crippen LogP contribution >= 0.6 is 0 Å². The minimum atomic E-state index is 0.320. The molecule has 21 heavy (non-hydrogen) atoms. The van der Waals surface area contributed by atoms with Crippen LogP contribution in [-0.2, 0) is 0 Å². The van der Waals surface area contributed by atoms with Crippen LogP contribution in [0.15, 0.2) is 24.3 Å². The second kappa shape index (κ2) is 7.78. The number of rotatable bonds is 7. The Kier molecular flexibility index (Phi) is 6.03. The van der Waals surface area contributed by atoms with Gasteiger partial charge in [0.15, 0.2) is 0 Å². The van der Waals surface area contributed by atoms with E-state index in [1.807, 2.05) is 13.1 Å². The molecule has 1 aromatic carbocycles. The molecule has 0 amide bonds. The lowest BCUT2D eigenvalue weighted by molar-refractivity contribution is 0.288. The molecule has 1 aliphatic heterocycles. The standard InChI is InChI=1S/C17H29N3O/c1-12(2)8-9-21-15-7-5-6-14(10-15)17-16(11-18-4)13(3)19-20-17/h5-7,10,12-13,16-20H,8-9,11H2,1-4H3. The first-order chi connectivity index (χ1) is 10.1. The zero-order valence-corrected chi connectivity index (χ0v) is 13.6. The maximum Gasteiger partial charge on any atom is 0.119 e. The predicted octanol–water partition coefficient (Wildman–Crippen LogP) is 2.48. The highest BCUT2D eigenvalue weighted by Gasteiger charge is 2.33.